The normalized spacial score (nSPS) is 28.1. The Morgan fingerprint density at radius 3 is 2.38 bits per heavy atom. The minimum atomic E-state index is 0.193. The Kier molecular flexibility index (Phi) is 5.57. The molecule has 0 aromatic heterocycles. The zero-order chi connectivity index (χ0) is 17.9. The van der Waals surface area contributed by atoms with Crippen LogP contribution in [0.5, 0.6) is 0 Å². The number of carbonyl (C=O) groups excluding carboxylic acids is 1. The molecular weight excluding hydrogens is 328 g/mol. The van der Waals surface area contributed by atoms with Crippen LogP contribution in [0.4, 0.5) is 5.69 Å². The SMILES string of the molecule is CC1Cc2ccccc2N1C(=O)CN(CC1CCCO1)CC1CCCO1. The third-order valence-electron chi connectivity index (χ3n) is 5.81. The smallest absolute Gasteiger partial charge is 0.241 e. The van der Waals surface area contributed by atoms with Crippen LogP contribution in [0, 0.1) is 0 Å². The summed E-state index contributed by atoms with van der Waals surface area (Å²) in [6.07, 6.45) is 5.91. The number of amides is 1. The van der Waals surface area contributed by atoms with Gasteiger partial charge in [0.25, 0.3) is 0 Å². The molecule has 0 bridgehead atoms. The van der Waals surface area contributed by atoms with Crippen molar-refractivity contribution in [3.05, 3.63) is 29.8 Å². The van der Waals surface area contributed by atoms with Gasteiger partial charge in [-0.3, -0.25) is 9.69 Å². The lowest BCUT2D eigenvalue weighted by atomic mass is 10.1. The van der Waals surface area contributed by atoms with Gasteiger partial charge in [0.15, 0.2) is 0 Å². The van der Waals surface area contributed by atoms with E-state index in [0.717, 1.165) is 64.1 Å². The molecule has 3 atom stereocenters. The molecule has 26 heavy (non-hydrogen) atoms. The Morgan fingerprint density at radius 1 is 1.12 bits per heavy atom. The van der Waals surface area contributed by atoms with E-state index in [4.69, 9.17) is 9.47 Å². The summed E-state index contributed by atoms with van der Waals surface area (Å²) in [6, 6.07) is 8.51. The van der Waals surface area contributed by atoms with E-state index in [-0.39, 0.29) is 24.2 Å². The van der Waals surface area contributed by atoms with E-state index < -0.39 is 0 Å². The third-order valence-corrected chi connectivity index (χ3v) is 5.81. The lowest BCUT2D eigenvalue weighted by Gasteiger charge is -2.30. The molecule has 1 amide bonds. The van der Waals surface area contributed by atoms with E-state index in [2.05, 4.69) is 30.0 Å². The van der Waals surface area contributed by atoms with Crippen LogP contribution in [0.1, 0.15) is 38.2 Å². The largest absolute Gasteiger partial charge is 0.377 e. The molecule has 0 saturated carbocycles. The van der Waals surface area contributed by atoms with Gasteiger partial charge in [0.1, 0.15) is 0 Å². The molecular formula is C21H30N2O3. The molecule has 2 fully saturated rings. The molecule has 3 heterocycles. The minimum Gasteiger partial charge on any atom is -0.377 e. The molecule has 0 N–H and O–H groups in total. The number of rotatable bonds is 6. The lowest BCUT2D eigenvalue weighted by molar-refractivity contribution is -0.120. The average Bonchev–Trinajstić information content (AvgIpc) is 3.35. The fourth-order valence-electron chi connectivity index (χ4n) is 4.57. The Labute approximate surface area is 156 Å². The van der Waals surface area contributed by atoms with Gasteiger partial charge < -0.3 is 14.4 Å². The number of benzene rings is 1. The topological polar surface area (TPSA) is 42.0 Å². The first kappa shape index (κ1) is 18.0. The first-order valence-corrected chi connectivity index (χ1v) is 10.1. The monoisotopic (exact) mass is 358 g/mol. The van der Waals surface area contributed by atoms with Crippen molar-refractivity contribution in [3.63, 3.8) is 0 Å². The molecule has 0 radical (unpaired) electrons. The zero-order valence-corrected chi connectivity index (χ0v) is 15.7. The summed E-state index contributed by atoms with van der Waals surface area (Å²) in [6.45, 7) is 5.94. The summed E-state index contributed by atoms with van der Waals surface area (Å²) in [5.74, 6) is 0.193. The molecule has 2 saturated heterocycles. The van der Waals surface area contributed by atoms with Crippen LogP contribution in [0.3, 0.4) is 0 Å². The summed E-state index contributed by atoms with van der Waals surface area (Å²) in [7, 11) is 0. The summed E-state index contributed by atoms with van der Waals surface area (Å²) in [4.78, 5) is 17.4. The van der Waals surface area contributed by atoms with Crippen LogP contribution in [0.15, 0.2) is 24.3 Å². The number of nitrogens with zero attached hydrogens (tertiary/aromatic N) is 2. The highest BCUT2D eigenvalue weighted by Gasteiger charge is 2.32. The van der Waals surface area contributed by atoms with Gasteiger partial charge in [-0.15, -0.1) is 0 Å². The van der Waals surface area contributed by atoms with Gasteiger partial charge in [-0.05, 0) is 50.7 Å². The Bertz CT molecular complexity index is 605. The lowest BCUT2D eigenvalue weighted by Crippen LogP contribution is -2.47. The summed E-state index contributed by atoms with van der Waals surface area (Å²) >= 11 is 0. The molecule has 3 aliphatic rings. The van der Waals surface area contributed by atoms with E-state index >= 15 is 0 Å². The molecule has 5 nitrogen and oxygen atoms in total. The highest BCUT2D eigenvalue weighted by atomic mass is 16.5. The number of anilines is 1. The van der Waals surface area contributed by atoms with Gasteiger partial charge in [0, 0.05) is 38.0 Å². The van der Waals surface area contributed by atoms with Crippen LogP contribution in [0.25, 0.3) is 0 Å². The van der Waals surface area contributed by atoms with Crippen LogP contribution in [-0.4, -0.2) is 61.9 Å². The van der Waals surface area contributed by atoms with Gasteiger partial charge in [-0.25, -0.2) is 0 Å². The quantitative estimate of drug-likeness (QED) is 0.784. The molecule has 3 aliphatic heterocycles. The van der Waals surface area contributed by atoms with Crippen LogP contribution < -0.4 is 4.90 Å². The molecule has 1 aromatic carbocycles. The highest BCUT2D eigenvalue weighted by Crippen LogP contribution is 2.32. The standard InChI is InChI=1S/C21H30N2O3/c1-16-12-17-6-2-3-9-20(17)23(16)21(24)15-22(13-18-7-4-10-25-18)14-19-8-5-11-26-19/h2-3,6,9,16,18-19H,4-5,7-8,10-15H2,1H3. The number of carbonyl (C=O) groups is 1. The fourth-order valence-corrected chi connectivity index (χ4v) is 4.57. The van der Waals surface area contributed by atoms with Crippen molar-refractivity contribution in [2.75, 3.05) is 37.7 Å². The summed E-state index contributed by atoms with van der Waals surface area (Å²) in [5.41, 5.74) is 2.36. The predicted molar refractivity (Wildman–Crippen MR) is 101 cm³/mol. The zero-order valence-electron chi connectivity index (χ0n) is 15.7. The van der Waals surface area contributed by atoms with Crippen LogP contribution in [-0.2, 0) is 20.7 Å². The second kappa shape index (κ2) is 8.07. The van der Waals surface area contributed by atoms with Crippen molar-refractivity contribution in [2.45, 2.75) is 57.3 Å². The first-order chi connectivity index (χ1) is 12.7. The van der Waals surface area contributed by atoms with Crippen LogP contribution >= 0.6 is 0 Å². The Balaban J connectivity index is 1.44. The molecule has 0 spiro atoms. The number of para-hydroxylation sites is 1. The third kappa shape index (κ3) is 3.95. The highest BCUT2D eigenvalue weighted by molar-refractivity contribution is 5.97. The second-order valence-electron chi connectivity index (χ2n) is 7.91. The Hall–Kier alpha value is -1.43. The maximum atomic E-state index is 13.2. The van der Waals surface area contributed by atoms with Gasteiger partial charge >= 0.3 is 0 Å². The molecule has 4 rings (SSSR count). The maximum Gasteiger partial charge on any atom is 0.241 e. The van der Waals surface area contributed by atoms with E-state index in [1.165, 1.54) is 5.56 Å². The van der Waals surface area contributed by atoms with Gasteiger partial charge in [-0.2, -0.15) is 0 Å². The van der Waals surface area contributed by atoms with Crippen molar-refractivity contribution in [3.8, 4) is 0 Å². The Morgan fingerprint density at radius 2 is 1.77 bits per heavy atom. The fraction of sp³-hybridized carbons (Fsp3) is 0.667. The molecule has 142 valence electrons. The molecule has 3 unspecified atom stereocenters. The summed E-state index contributed by atoms with van der Waals surface area (Å²) in [5, 5.41) is 0. The van der Waals surface area contributed by atoms with Gasteiger partial charge in [0.05, 0.1) is 18.8 Å². The van der Waals surface area contributed by atoms with Gasteiger partial charge in [-0.1, -0.05) is 18.2 Å². The summed E-state index contributed by atoms with van der Waals surface area (Å²) < 4.78 is 11.6. The van der Waals surface area contributed by atoms with E-state index in [1.807, 2.05) is 11.0 Å². The first-order valence-electron chi connectivity index (χ1n) is 10.1. The molecule has 5 heteroatoms. The molecule has 0 aliphatic carbocycles. The minimum absolute atomic E-state index is 0.193. The van der Waals surface area contributed by atoms with Crippen molar-refractivity contribution in [2.24, 2.45) is 0 Å². The van der Waals surface area contributed by atoms with E-state index in [0.29, 0.717) is 6.54 Å². The van der Waals surface area contributed by atoms with Gasteiger partial charge in [0.2, 0.25) is 5.91 Å². The molecule has 1 aromatic rings. The van der Waals surface area contributed by atoms with Crippen molar-refractivity contribution >= 4 is 11.6 Å². The second-order valence-corrected chi connectivity index (χ2v) is 7.91. The van der Waals surface area contributed by atoms with E-state index in [9.17, 15) is 4.79 Å². The van der Waals surface area contributed by atoms with E-state index in [1.54, 1.807) is 0 Å². The number of hydrogen-bond donors (Lipinski definition) is 0. The maximum absolute atomic E-state index is 13.2. The number of ether oxygens (including phenoxy) is 2. The predicted octanol–water partition coefficient (Wildman–Crippen LogP) is 2.62. The van der Waals surface area contributed by atoms with Crippen molar-refractivity contribution in [1.82, 2.24) is 4.90 Å². The van der Waals surface area contributed by atoms with Crippen molar-refractivity contribution in [1.29, 1.82) is 0 Å². The average molecular weight is 358 g/mol. The van der Waals surface area contributed by atoms with Crippen LogP contribution in [0.2, 0.25) is 0 Å². The van der Waals surface area contributed by atoms with Crippen molar-refractivity contribution < 1.29 is 14.3 Å². The number of hydrogen-bond acceptors (Lipinski definition) is 4. The number of fused-ring (bicyclic) bond motifs is 1.